The Morgan fingerprint density at radius 3 is 2.62 bits per heavy atom. The molecule has 0 aliphatic carbocycles. The Bertz CT molecular complexity index is 801. The molecular formula is C22H31N3O6S. The summed E-state index contributed by atoms with van der Waals surface area (Å²) in [5, 5.41) is 5.45. The topological polar surface area (TPSA) is 106 Å². The second kappa shape index (κ2) is 13.0. The van der Waals surface area contributed by atoms with Gasteiger partial charge >= 0.3 is 5.97 Å². The molecular weight excluding hydrogens is 434 g/mol. The molecule has 0 saturated carbocycles. The van der Waals surface area contributed by atoms with Crippen molar-refractivity contribution in [3.63, 3.8) is 0 Å². The van der Waals surface area contributed by atoms with Crippen molar-refractivity contribution in [1.29, 1.82) is 0 Å². The summed E-state index contributed by atoms with van der Waals surface area (Å²) < 4.78 is 16.0. The first-order valence-corrected chi connectivity index (χ1v) is 11.2. The zero-order valence-corrected chi connectivity index (χ0v) is 19.5. The highest BCUT2D eigenvalue weighted by molar-refractivity contribution is 7.80. The number of benzene rings is 1. The van der Waals surface area contributed by atoms with Crippen LogP contribution in [0.25, 0.3) is 0 Å². The zero-order valence-electron chi connectivity index (χ0n) is 18.7. The van der Waals surface area contributed by atoms with Crippen LogP contribution in [0.4, 0.5) is 0 Å². The van der Waals surface area contributed by atoms with Gasteiger partial charge in [-0.1, -0.05) is 6.92 Å². The van der Waals surface area contributed by atoms with Crippen LogP contribution in [0.2, 0.25) is 0 Å². The summed E-state index contributed by atoms with van der Waals surface area (Å²) >= 11 is 5.37. The quantitative estimate of drug-likeness (QED) is 0.305. The molecule has 0 spiro atoms. The first-order chi connectivity index (χ1) is 15.3. The Kier molecular flexibility index (Phi) is 10.4. The standard InChI is InChI=1S/C22H31N3O6S/c1-4-15(3)31-19(26)14-18-21(28)23-10-11-25(18)22(32)24-20(27)16-6-8-17(9-7-16)30-13-12-29-5-2/h6-9,15,18H,4-5,10-14H2,1-3H3,(H,23,28)(H,24,27,32). The summed E-state index contributed by atoms with van der Waals surface area (Å²) in [5.41, 5.74) is 0.388. The van der Waals surface area contributed by atoms with Gasteiger partial charge in [-0.15, -0.1) is 0 Å². The number of hydrogen-bond donors (Lipinski definition) is 2. The van der Waals surface area contributed by atoms with Crippen LogP contribution in [0.1, 0.15) is 44.0 Å². The molecule has 1 saturated heterocycles. The van der Waals surface area contributed by atoms with Crippen molar-refractivity contribution in [2.45, 2.75) is 45.8 Å². The summed E-state index contributed by atoms with van der Waals surface area (Å²) in [6.45, 7) is 7.87. The molecule has 1 aromatic carbocycles. The number of rotatable bonds is 10. The molecule has 176 valence electrons. The largest absolute Gasteiger partial charge is 0.491 e. The SMILES string of the molecule is CCOCCOc1ccc(C(=O)NC(=S)N2CCNC(=O)C2CC(=O)OC(C)CC)cc1. The number of ether oxygens (including phenoxy) is 3. The number of thiocarbonyl (C=S) groups is 1. The lowest BCUT2D eigenvalue weighted by molar-refractivity contribution is -0.151. The fourth-order valence-electron chi connectivity index (χ4n) is 2.98. The first kappa shape index (κ1) is 25.5. The van der Waals surface area contributed by atoms with E-state index in [1.807, 2.05) is 13.8 Å². The monoisotopic (exact) mass is 465 g/mol. The van der Waals surface area contributed by atoms with Crippen molar-refractivity contribution in [3.8, 4) is 5.75 Å². The molecule has 2 N–H and O–H groups in total. The van der Waals surface area contributed by atoms with Crippen LogP contribution in [0, 0.1) is 0 Å². The molecule has 1 heterocycles. The number of amides is 2. The van der Waals surface area contributed by atoms with Crippen molar-refractivity contribution in [1.82, 2.24) is 15.5 Å². The van der Waals surface area contributed by atoms with Crippen LogP contribution >= 0.6 is 12.2 Å². The molecule has 1 aliphatic heterocycles. The molecule has 32 heavy (non-hydrogen) atoms. The molecule has 0 aromatic heterocycles. The minimum absolute atomic E-state index is 0.0863. The maximum Gasteiger partial charge on any atom is 0.308 e. The van der Waals surface area contributed by atoms with E-state index in [0.29, 0.717) is 50.6 Å². The Hall–Kier alpha value is -2.72. The number of carbonyl (C=O) groups excluding carboxylic acids is 3. The Balaban J connectivity index is 1.95. The maximum absolute atomic E-state index is 12.6. The van der Waals surface area contributed by atoms with Crippen LogP contribution in [0.5, 0.6) is 5.75 Å². The van der Waals surface area contributed by atoms with E-state index in [1.54, 1.807) is 36.1 Å². The molecule has 2 atom stereocenters. The van der Waals surface area contributed by atoms with Crippen molar-refractivity contribution in [2.75, 3.05) is 32.9 Å². The fraction of sp³-hybridized carbons (Fsp3) is 0.545. The molecule has 2 rings (SSSR count). The minimum atomic E-state index is -0.839. The molecule has 2 amide bonds. The lowest BCUT2D eigenvalue weighted by Gasteiger charge is -2.36. The highest BCUT2D eigenvalue weighted by Crippen LogP contribution is 2.14. The van der Waals surface area contributed by atoms with Crippen LogP contribution < -0.4 is 15.4 Å². The first-order valence-electron chi connectivity index (χ1n) is 10.7. The highest BCUT2D eigenvalue weighted by atomic mass is 32.1. The summed E-state index contributed by atoms with van der Waals surface area (Å²) in [6.07, 6.45) is 0.289. The summed E-state index contributed by atoms with van der Waals surface area (Å²) in [4.78, 5) is 38.7. The molecule has 0 radical (unpaired) electrons. The zero-order chi connectivity index (χ0) is 23.5. The predicted molar refractivity (Wildman–Crippen MR) is 122 cm³/mol. The van der Waals surface area contributed by atoms with Crippen molar-refractivity contribution < 1.29 is 28.6 Å². The van der Waals surface area contributed by atoms with Gasteiger partial charge < -0.3 is 24.4 Å². The van der Waals surface area contributed by atoms with Crippen LogP contribution in [-0.4, -0.2) is 72.9 Å². The normalized spacial score (nSPS) is 16.7. The van der Waals surface area contributed by atoms with Crippen LogP contribution in [0.15, 0.2) is 24.3 Å². The second-order valence-corrected chi connectivity index (χ2v) is 7.63. The molecule has 1 fully saturated rings. The maximum atomic E-state index is 12.6. The third-order valence-corrected chi connectivity index (χ3v) is 5.23. The Labute approximate surface area is 193 Å². The predicted octanol–water partition coefficient (Wildman–Crippen LogP) is 1.65. The Morgan fingerprint density at radius 2 is 1.97 bits per heavy atom. The van der Waals surface area contributed by atoms with Gasteiger partial charge in [0.05, 0.1) is 19.1 Å². The van der Waals surface area contributed by atoms with E-state index < -0.39 is 17.9 Å². The lowest BCUT2D eigenvalue weighted by Crippen LogP contribution is -2.60. The molecule has 0 bridgehead atoms. The second-order valence-electron chi connectivity index (χ2n) is 7.24. The van der Waals surface area contributed by atoms with Gasteiger partial charge in [-0.05, 0) is 56.8 Å². The molecule has 9 nitrogen and oxygen atoms in total. The number of esters is 1. The fourth-order valence-corrected chi connectivity index (χ4v) is 3.29. The van der Waals surface area contributed by atoms with E-state index in [-0.39, 0.29) is 23.5 Å². The number of hydrogen-bond acceptors (Lipinski definition) is 7. The van der Waals surface area contributed by atoms with Gasteiger partial charge in [0.25, 0.3) is 5.91 Å². The lowest BCUT2D eigenvalue weighted by atomic mass is 10.1. The van der Waals surface area contributed by atoms with Gasteiger partial charge in [0, 0.05) is 25.3 Å². The van der Waals surface area contributed by atoms with Gasteiger partial charge in [0.2, 0.25) is 5.91 Å². The van der Waals surface area contributed by atoms with Gasteiger partial charge in [0.1, 0.15) is 18.4 Å². The average molecular weight is 466 g/mol. The van der Waals surface area contributed by atoms with Crippen molar-refractivity contribution in [3.05, 3.63) is 29.8 Å². The van der Waals surface area contributed by atoms with E-state index in [9.17, 15) is 14.4 Å². The number of piperazine rings is 1. The third-order valence-electron chi connectivity index (χ3n) is 4.90. The van der Waals surface area contributed by atoms with Crippen molar-refractivity contribution in [2.24, 2.45) is 0 Å². The van der Waals surface area contributed by atoms with E-state index >= 15 is 0 Å². The third kappa shape index (κ3) is 7.76. The molecule has 1 aliphatic rings. The molecule has 2 unspecified atom stereocenters. The van der Waals surface area contributed by atoms with Crippen LogP contribution in [0.3, 0.4) is 0 Å². The van der Waals surface area contributed by atoms with Gasteiger partial charge in [-0.25, -0.2) is 0 Å². The smallest absolute Gasteiger partial charge is 0.308 e. The van der Waals surface area contributed by atoms with Crippen LogP contribution in [-0.2, 0) is 19.1 Å². The Morgan fingerprint density at radius 1 is 1.25 bits per heavy atom. The molecule has 10 heteroatoms. The summed E-state index contributed by atoms with van der Waals surface area (Å²) in [5.74, 6) is -0.609. The van der Waals surface area contributed by atoms with E-state index in [1.165, 1.54) is 0 Å². The van der Waals surface area contributed by atoms with E-state index in [4.69, 9.17) is 26.4 Å². The number of nitrogens with zero attached hydrogens (tertiary/aromatic N) is 1. The number of nitrogens with one attached hydrogen (secondary N) is 2. The van der Waals surface area contributed by atoms with Gasteiger partial charge in [-0.3, -0.25) is 19.7 Å². The van der Waals surface area contributed by atoms with Gasteiger partial charge in [-0.2, -0.15) is 0 Å². The van der Waals surface area contributed by atoms with E-state index in [2.05, 4.69) is 10.6 Å². The summed E-state index contributed by atoms with van der Waals surface area (Å²) in [7, 11) is 0. The van der Waals surface area contributed by atoms with Crippen molar-refractivity contribution >= 4 is 35.1 Å². The average Bonchev–Trinajstić information content (AvgIpc) is 2.78. The minimum Gasteiger partial charge on any atom is -0.491 e. The highest BCUT2D eigenvalue weighted by Gasteiger charge is 2.34. The van der Waals surface area contributed by atoms with E-state index in [0.717, 1.165) is 0 Å². The summed E-state index contributed by atoms with van der Waals surface area (Å²) in [6, 6.07) is 5.78. The van der Waals surface area contributed by atoms with Gasteiger partial charge in [0.15, 0.2) is 5.11 Å². The number of carbonyl (C=O) groups is 3. The molecule has 1 aromatic rings.